The minimum Gasteiger partial charge on any atom is -0.234 e. The van der Waals surface area contributed by atoms with Gasteiger partial charge in [-0.25, -0.2) is 10.5 Å². The van der Waals surface area contributed by atoms with Gasteiger partial charge in [0.25, 0.3) is 0 Å². The van der Waals surface area contributed by atoms with Crippen LogP contribution in [0.15, 0.2) is 5.10 Å². The van der Waals surface area contributed by atoms with E-state index in [1.807, 2.05) is 21.0 Å². The molecule has 0 aromatic carbocycles. The van der Waals surface area contributed by atoms with Crippen LogP contribution in [0.5, 0.6) is 0 Å². The van der Waals surface area contributed by atoms with E-state index >= 15 is 0 Å². The van der Waals surface area contributed by atoms with E-state index in [1.165, 1.54) is 0 Å². The molecule has 0 aliphatic carbocycles. The van der Waals surface area contributed by atoms with Gasteiger partial charge in [-0.3, -0.25) is 0 Å². The van der Waals surface area contributed by atoms with Gasteiger partial charge in [-0.1, -0.05) is 0 Å². The molecular weight excluding hydrogens is 90.1 g/mol. The number of hydrogen-bond donors (Lipinski definition) is 1. The van der Waals surface area contributed by atoms with E-state index in [0.29, 0.717) is 0 Å². The summed E-state index contributed by atoms with van der Waals surface area (Å²) in [6.45, 7) is 1.87. The van der Waals surface area contributed by atoms with Gasteiger partial charge in [-0.15, -0.1) is 0 Å². The fourth-order valence-electron chi connectivity index (χ4n) is 0.231. The van der Waals surface area contributed by atoms with Crippen LogP contribution in [0.3, 0.4) is 0 Å². The second-order valence-electron chi connectivity index (χ2n) is 1.12. The van der Waals surface area contributed by atoms with Crippen molar-refractivity contribution in [2.45, 2.75) is 6.92 Å². The fraction of sp³-hybridized carbons (Fsp3) is 0.750. The monoisotopic (exact) mass is 101 g/mol. The molecule has 0 heterocycles. The van der Waals surface area contributed by atoms with Crippen molar-refractivity contribution in [2.75, 3.05) is 14.1 Å². The van der Waals surface area contributed by atoms with Crippen LogP contribution in [-0.2, 0) is 0 Å². The molecule has 0 fully saturated rings. The summed E-state index contributed by atoms with van der Waals surface area (Å²) in [7, 11) is 3.65. The quantitative estimate of drug-likeness (QED) is 0.393. The highest BCUT2D eigenvalue weighted by Gasteiger charge is 1.75. The molecular formula is C4H11N3. The lowest BCUT2D eigenvalue weighted by Gasteiger charge is -2.07. The zero-order valence-corrected chi connectivity index (χ0v) is 4.97. The van der Waals surface area contributed by atoms with Crippen molar-refractivity contribution in [3.8, 4) is 0 Å². The van der Waals surface area contributed by atoms with E-state index in [1.54, 1.807) is 11.3 Å². The number of nitrogens with one attached hydrogen (secondary N) is 1. The van der Waals surface area contributed by atoms with E-state index in [-0.39, 0.29) is 0 Å². The first kappa shape index (κ1) is 6.43. The van der Waals surface area contributed by atoms with Crippen LogP contribution in [-0.4, -0.2) is 25.4 Å². The van der Waals surface area contributed by atoms with Crippen molar-refractivity contribution >= 4 is 6.21 Å². The summed E-state index contributed by atoms with van der Waals surface area (Å²) in [5.74, 6) is 0. The molecule has 3 nitrogen and oxygen atoms in total. The summed E-state index contributed by atoms with van der Waals surface area (Å²) in [4.78, 5) is 0. The number of hydrazone groups is 1. The van der Waals surface area contributed by atoms with Crippen LogP contribution in [0.25, 0.3) is 0 Å². The molecule has 0 aromatic rings. The number of rotatable bonds is 2. The highest BCUT2D eigenvalue weighted by atomic mass is 15.7. The van der Waals surface area contributed by atoms with E-state index in [9.17, 15) is 0 Å². The minimum atomic E-state index is 1.62. The van der Waals surface area contributed by atoms with Crippen molar-refractivity contribution in [3.63, 3.8) is 0 Å². The van der Waals surface area contributed by atoms with E-state index in [2.05, 4.69) is 10.5 Å². The molecule has 0 rings (SSSR count). The average molecular weight is 101 g/mol. The molecule has 42 valence electrons. The highest BCUT2D eigenvalue weighted by molar-refractivity contribution is 5.52. The molecule has 0 aliphatic heterocycles. The summed E-state index contributed by atoms with van der Waals surface area (Å²) in [5.41, 5.74) is 2.80. The third kappa shape index (κ3) is 3.26. The Kier molecular flexibility index (Phi) is 3.32. The predicted octanol–water partition coefficient (Wildman–Crippen LogP) is 0.0583. The van der Waals surface area contributed by atoms with Gasteiger partial charge in [-0.2, -0.15) is 5.10 Å². The molecule has 7 heavy (non-hydrogen) atoms. The summed E-state index contributed by atoms with van der Waals surface area (Å²) in [6.07, 6.45) is 1.72. The number of nitrogens with zero attached hydrogens (tertiary/aromatic N) is 2. The van der Waals surface area contributed by atoms with Gasteiger partial charge in [-0.05, 0) is 6.92 Å². The Morgan fingerprint density at radius 2 is 2.29 bits per heavy atom. The maximum atomic E-state index is 3.84. The smallest absolute Gasteiger partial charge is 0.0421 e. The molecule has 0 unspecified atom stereocenters. The van der Waals surface area contributed by atoms with Crippen molar-refractivity contribution < 1.29 is 0 Å². The molecule has 0 saturated carbocycles. The molecule has 0 radical (unpaired) electrons. The summed E-state index contributed by atoms with van der Waals surface area (Å²) >= 11 is 0. The Hall–Kier alpha value is -0.570. The Morgan fingerprint density at radius 1 is 1.71 bits per heavy atom. The normalized spacial score (nSPS) is 10.1. The maximum absolute atomic E-state index is 3.84. The Morgan fingerprint density at radius 3 is 2.43 bits per heavy atom. The maximum Gasteiger partial charge on any atom is 0.0421 e. The molecule has 0 aliphatic rings. The summed E-state index contributed by atoms with van der Waals surface area (Å²) in [6, 6.07) is 0. The van der Waals surface area contributed by atoms with Crippen molar-refractivity contribution in [1.82, 2.24) is 10.5 Å². The third-order valence-corrected chi connectivity index (χ3v) is 0.612. The third-order valence-electron chi connectivity index (χ3n) is 0.612. The van der Waals surface area contributed by atoms with Crippen molar-refractivity contribution in [3.05, 3.63) is 0 Å². The Balaban J connectivity index is 3.16. The van der Waals surface area contributed by atoms with Crippen LogP contribution in [0.2, 0.25) is 0 Å². The summed E-state index contributed by atoms with van der Waals surface area (Å²) in [5, 5.41) is 5.47. The van der Waals surface area contributed by atoms with Crippen LogP contribution in [0, 0.1) is 0 Å². The first-order valence-electron chi connectivity index (χ1n) is 2.21. The zero-order chi connectivity index (χ0) is 5.70. The Bertz CT molecular complexity index is 60.0. The molecule has 0 bridgehead atoms. The van der Waals surface area contributed by atoms with Gasteiger partial charge in [0.1, 0.15) is 0 Å². The molecule has 0 saturated heterocycles. The molecule has 3 heteroatoms. The van der Waals surface area contributed by atoms with Crippen LogP contribution >= 0.6 is 0 Å². The van der Waals surface area contributed by atoms with Gasteiger partial charge in [0.15, 0.2) is 0 Å². The lowest BCUT2D eigenvalue weighted by molar-refractivity contribution is 0.276. The number of hydrogen-bond acceptors (Lipinski definition) is 3. The summed E-state index contributed by atoms with van der Waals surface area (Å²) < 4.78 is 0. The first-order valence-corrected chi connectivity index (χ1v) is 2.21. The Labute approximate surface area is 44.0 Å². The topological polar surface area (TPSA) is 27.6 Å². The molecule has 0 amide bonds. The first-order chi connectivity index (χ1) is 3.31. The van der Waals surface area contributed by atoms with Crippen LogP contribution in [0.4, 0.5) is 0 Å². The predicted molar refractivity (Wildman–Crippen MR) is 31.0 cm³/mol. The largest absolute Gasteiger partial charge is 0.234 e. The van der Waals surface area contributed by atoms with Crippen LogP contribution < -0.4 is 5.43 Å². The van der Waals surface area contributed by atoms with E-state index in [4.69, 9.17) is 0 Å². The van der Waals surface area contributed by atoms with Gasteiger partial charge in [0.2, 0.25) is 0 Å². The molecule has 0 spiro atoms. The lowest BCUT2D eigenvalue weighted by Crippen LogP contribution is -2.24. The van der Waals surface area contributed by atoms with Gasteiger partial charge < -0.3 is 0 Å². The molecule has 0 aromatic heterocycles. The molecule has 1 N–H and O–H groups in total. The fourth-order valence-corrected chi connectivity index (χ4v) is 0.231. The minimum absolute atomic E-state index is 1.62. The van der Waals surface area contributed by atoms with Gasteiger partial charge >= 0.3 is 0 Å². The van der Waals surface area contributed by atoms with Gasteiger partial charge in [0.05, 0.1) is 0 Å². The lowest BCUT2D eigenvalue weighted by atomic mass is 10.9. The van der Waals surface area contributed by atoms with Gasteiger partial charge in [0, 0.05) is 20.3 Å². The van der Waals surface area contributed by atoms with Crippen molar-refractivity contribution in [1.29, 1.82) is 0 Å². The standard InChI is InChI=1S/C4H11N3/c1-4-6-7(3)5-2/h4-5H,1-3H3/b6-4-. The van der Waals surface area contributed by atoms with E-state index in [0.717, 1.165) is 0 Å². The second kappa shape index (κ2) is 3.61. The number of hydrazine groups is 1. The van der Waals surface area contributed by atoms with Crippen molar-refractivity contribution in [2.24, 2.45) is 5.10 Å². The SMILES string of the molecule is C/C=N\N(C)NC. The second-order valence-corrected chi connectivity index (χ2v) is 1.12. The highest BCUT2D eigenvalue weighted by Crippen LogP contribution is 1.67. The van der Waals surface area contributed by atoms with Crippen LogP contribution in [0.1, 0.15) is 6.92 Å². The zero-order valence-electron chi connectivity index (χ0n) is 4.97. The molecule has 0 atom stereocenters. The van der Waals surface area contributed by atoms with E-state index < -0.39 is 0 Å². The average Bonchev–Trinajstić information content (AvgIpc) is 1.68.